The molecule has 0 saturated heterocycles. The summed E-state index contributed by atoms with van der Waals surface area (Å²) in [6.45, 7) is 0. The Morgan fingerprint density at radius 1 is 1.39 bits per heavy atom. The third kappa shape index (κ3) is 3.48. The molecule has 1 aromatic rings. The Hall–Kier alpha value is -0.550. The van der Waals surface area contributed by atoms with Gasteiger partial charge in [0.2, 0.25) is 0 Å². The Morgan fingerprint density at radius 2 is 2.11 bits per heavy atom. The van der Waals surface area contributed by atoms with Gasteiger partial charge in [0, 0.05) is 11.8 Å². The molecule has 1 aliphatic rings. The average molecular weight is 330 g/mol. The molecular formula is C13H16BrNO2S. The highest BCUT2D eigenvalue weighted by Gasteiger charge is 2.17. The van der Waals surface area contributed by atoms with Crippen molar-refractivity contribution in [2.45, 2.75) is 31.4 Å². The largest absolute Gasteiger partial charge is 0.283 e. The van der Waals surface area contributed by atoms with Gasteiger partial charge in [0.25, 0.3) is 5.69 Å². The first-order valence-electron chi connectivity index (χ1n) is 6.18. The van der Waals surface area contributed by atoms with Crippen LogP contribution in [0.4, 0.5) is 5.69 Å². The van der Waals surface area contributed by atoms with E-state index in [-0.39, 0.29) is 10.6 Å². The summed E-state index contributed by atoms with van der Waals surface area (Å²) in [5.41, 5.74) is 1.18. The van der Waals surface area contributed by atoms with Crippen molar-refractivity contribution < 1.29 is 4.92 Å². The number of nitro groups is 1. The molecule has 1 aliphatic carbocycles. The van der Waals surface area contributed by atoms with E-state index in [0.29, 0.717) is 4.47 Å². The molecular weight excluding hydrogens is 314 g/mol. The molecule has 0 radical (unpaired) electrons. The predicted molar refractivity (Wildman–Crippen MR) is 78.9 cm³/mol. The number of benzene rings is 1. The Balaban J connectivity index is 1.92. The van der Waals surface area contributed by atoms with E-state index in [1.54, 1.807) is 6.07 Å². The van der Waals surface area contributed by atoms with Crippen LogP contribution in [-0.4, -0.2) is 10.7 Å². The van der Waals surface area contributed by atoms with Crippen LogP contribution in [0.2, 0.25) is 0 Å². The summed E-state index contributed by atoms with van der Waals surface area (Å²) in [5.74, 6) is 2.88. The Morgan fingerprint density at radius 3 is 2.78 bits per heavy atom. The monoisotopic (exact) mass is 329 g/mol. The number of hydrogen-bond donors (Lipinski definition) is 0. The van der Waals surface area contributed by atoms with Gasteiger partial charge in [0.05, 0.1) is 9.40 Å². The van der Waals surface area contributed by atoms with Crippen molar-refractivity contribution in [1.82, 2.24) is 0 Å². The van der Waals surface area contributed by atoms with Crippen LogP contribution in [0.5, 0.6) is 0 Å². The third-order valence-electron chi connectivity index (χ3n) is 3.34. The molecule has 1 aromatic carbocycles. The van der Waals surface area contributed by atoms with Crippen LogP contribution < -0.4 is 0 Å². The van der Waals surface area contributed by atoms with E-state index in [1.165, 1.54) is 37.5 Å². The van der Waals surface area contributed by atoms with Gasteiger partial charge in [-0.15, -0.1) is 0 Å². The van der Waals surface area contributed by atoms with Gasteiger partial charge in [-0.05, 0) is 46.0 Å². The second-order valence-corrected chi connectivity index (χ2v) is 6.50. The van der Waals surface area contributed by atoms with E-state index in [2.05, 4.69) is 15.9 Å². The maximum Gasteiger partial charge on any atom is 0.283 e. The molecule has 0 unspecified atom stereocenters. The first-order valence-corrected chi connectivity index (χ1v) is 8.13. The standard InChI is InChI=1S/C13H16BrNO2S/c14-13-11(6-3-7-12(13)15(16)17)9-18-8-10-4-1-2-5-10/h3,6-7,10H,1-2,4-5,8-9H2. The molecule has 0 amide bonds. The van der Waals surface area contributed by atoms with Gasteiger partial charge in [0.1, 0.15) is 0 Å². The summed E-state index contributed by atoms with van der Waals surface area (Å²) in [4.78, 5) is 10.5. The SMILES string of the molecule is O=[N+]([O-])c1cccc(CSCC2CCCC2)c1Br. The predicted octanol–water partition coefficient (Wildman–Crippen LogP) is 4.78. The zero-order chi connectivity index (χ0) is 13.0. The fourth-order valence-electron chi connectivity index (χ4n) is 2.33. The number of thioether (sulfide) groups is 1. The van der Waals surface area contributed by atoms with Crippen molar-refractivity contribution in [2.75, 3.05) is 5.75 Å². The summed E-state index contributed by atoms with van der Waals surface area (Å²) >= 11 is 5.23. The van der Waals surface area contributed by atoms with Gasteiger partial charge < -0.3 is 0 Å². The summed E-state index contributed by atoms with van der Waals surface area (Å²) in [6, 6.07) is 5.25. The van der Waals surface area contributed by atoms with E-state index in [1.807, 2.05) is 17.8 Å². The fourth-order valence-corrected chi connectivity index (χ4v) is 4.31. The number of hydrogen-bond acceptors (Lipinski definition) is 3. The van der Waals surface area contributed by atoms with E-state index in [9.17, 15) is 10.1 Å². The van der Waals surface area contributed by atoms with Crippen molar-refractivity contribution in [3.05, 3.63) is 38.3 Å². The lowest BCUT2D eigenvalue weighted by Crippen LogP contribution is -1.98. The molecule has 0 N–H and O–H groups in total. The summed E-state index contributed by atoms with van der Waals surface area (Å²) in [5, 5.41) is 10.8. The lowest BCUT2D eigenvalue weighted by molar-refractivity contribution is -0.385. The second kappa shape index (κ2) is 6.57. The lowest BCUT2D eigenvalue weighted by atomic mass is 10.1. The molecule has 1 fully saturated rings. The third-order valence-corrected chi connectivity index (χ3v) is 5.48. The molecule has 1 saturated carbocycles. The van der Waals surface area contributed by atoms with Crippen molar-refractivity contribution >= 4 is 33.4 Å². The summed E-state index contributed by atoms with van der Waals surface area (Å²) in [7, 11) is 0. The molecule has 3 nitrogen and oxygen atoms in total. The minimum absolute atomic E-state index is 0.161. The molecule has 5 heteroatoms. The van der Waals surface area contributed by atoms with Gasteiger partial charge in [-0.25, -0.2) is 0 Å². The number of rotatable bonds is 5. The van der Waals surface area contributed by atoms with Crippen LogP contribution in [0.3, 0.4) is 0 Å². The van der Waals surface area contributed by atoms with Gasteiger partial charge in [-0.1, -0.05) is 25.0 Å². The highest BCUT2D eigenvalue weighted by molar-refractivity contribution is 9.10. The number of nitrogens with zero attached hydrogens (tertiary/aromatic N) is 1. The van der Waals surface area contributed by atoms with Gasteiger partial charge in [-0.2, -0.15) is 11.8 Å². The molecule has 18 heavy (non-hydrogen) atoms. The highest BCUT2D eigenvalue weighted by atomic mass is 79.9. The van der Waals surface area contributed by atoms with Crippen molar-refractivity contribution in [2.24, 2.45) is 5.92 Å². The van der Waals surface area contributed by atoms with Crippen molar-refractivity contribution in [1.29, 1.82) is 0 Å². The van der Waals surface area contributed by atoms with Crippen LogP contribution in [-0.2, 0) is 5.75 Å². The highest BCUT2D eigenvalue weighted by Crippen LogP contribution is 2.33. The van der Waals surface area contributed by atoms with Crippen LogP contribution in [0.25, 0.3) is 0 Å². The van der Waals surface area contributed by atoms with Gasteiger partial charge >= 0.3 is 0 Å². The smallest absolute Gasteiger partial charge is 0.258 e. The fraction of sp³-hybridized carbons (Fsp3) is 0.538. The minimum Gasteiger partial charge on any atom is -0.258 e. The first kappa shape index (κ1) is 13.9. The zero-order valence-electron chi connectivity index (χ0n) is 10.1. The number of nitro benzene ring substituents is 1. The van der Waals surface area contributed by atoms with E-state index < -0.39 is 0 Å². The molecule has 0 aliphatic heterocycles. The lowest BCUT2D eigenvalue weighted by Gasteiger charge is -2.09. The molecule has 0 heterocycles. The van der Waals surface area contributed by atoms with Gasteiger partial charge in [0.15, 0.2) is 0 Å². The van der Waals surface area contributed by atoms with E-state index in [0.717, 1.165) is 17.2 Å². The van der Waals surface area contributed by atoms with Crippen molar-refractivity contribution in [3.63, 3.8) is 0 Å². The Bertz CT molecular complexity index is 433. The number of halogens is 1. The maximum absolute atomic E-state index is 10.8. The van der Waals surface area contributed by atoms with Gasteiger partial charge in [-0.3, -0.25) is 10.1 Å². The second-order valence-electron chi connectivity index (χ2n) is 4.67. The molecule has 2 rings (SSSR count). The summed E-state index contributed by atoms with van der Waals surface area (Å²) < 4.78 is 0.633. The molecule has 98 valence electrons. The van der Waals surface area contributed by atoms with Crippen LogP contribution in [0.15, 0.2) is 22.7 Å². The van der Waals surface area contributed by atoms with Crippen molar-refractivity contribution in [3.8, 4) is 0 Å². The molecule has 0 spiro atoms. The topological polar surface area (TPSA) is 43.1 Å². The first-order chi connectivity index (χ1) is 8.68. The van der Waals surface area contributed by atoms with Crippen LogP contribution >= 0.6 is 27.7 Å². The quantitative estimate of drug-likeness (QED) is 0.576. The minimum atomic E-state index is -0.338. The Labute approximate surface area is 120 Å². The molecule has 0 aromatic heterocycles. The average Bonchev–Trinajstić information content (AvgIpc) is 2.84. The van der Waals surface area contributed by atoms with Crippen LogP contribution in [0, 0.1) is 16.0 Å². The summed E-state index contributed by atoms with van der Waals surface area (Å²) in [6.07, 6.45) is 5.43. The Kier molecular flexibility index (Phi) is 5.06. The molecule has 0 atom stereocenters. The maximum atomic E-state index is 10.8. The normalized spacial score (nSPS) is 16.1. The van der Waals surface area contributed by atoms with E-state index in [4.69, 9.17) is 0 Å². The zero-order valence-corrected chi connectivity index (χ0v) is 12.5. The van der Waals surface area contributed by atoms with E-state index >= 15 is 0 Å². The van der Waals surface area contributed by atoms with Crippen LogP contribution in [0.1, 0.15) is 31.2 Å². The molecule has 0 bridgehead atoms.